The predicted octanol–water partition coefficient (Wildman–Crippen LogP) is 2.78. The predicted molar refractivity (Wildman–Crippen MR) is 111 cm³/mol. The minimum Gasteiger partial charge on any atom is -0.462 e. The second kappa shape index (κ2) is 9.23. The van der Waals surface area contributed by atoms with Gasteiger partial charge in [-0.25, -0.2) is 4.79 Å². The van der Waals surface area contributed by atoms with E-state index in [1.54, 1.807) is 55.1 Å². The number of nitrogens with one attached hydrogen (secondary N) is 1. The Hall–Kier alpha value is -3.35. The Morgan fingerprint density at radius 3 is 2.28 bits per heavy atom. The van der Waals surface area contributed by atoms with Gasteiger partial charge in [0, 0.05) is 38.7 Å². The molecular weight excluding hydrogens is 370 g/mol. The zero-order valence-electron chi connectivity index (χ0n) is 16.7. The first kappa shape index (κ1) is 20.4. The zero-order chi connectivity index (χ0) is 20.8. The SMILES string of the molecule is CCOC(=O)c1ccc(N2CCN(C(C)=O)CC2)c(NC(=O)c2ccccc2)c1. The standard InChI is InChI=1S/C22H25N3O4/c1-3-29-22(28)18-9-10-20(25-13-11-24(12-14-25)16(2)26)19(15-18)23-21(27)17-7-5-4-6-8-17/h4-10,15H,3,11-14H2,1-2H3,(H,23,27). The average molecular weight is 395 g/mol. The number of anilines is 2. The molecule has 152 valence electrons. The molecule has 1 saturated heterocycles. The summed E-state index contributed by atoms with van der Waals surface area (Å²) in [6.45, 7) is 6.11. The number of carbonyl (C=O) groups is 3. The number of esters is 1. The maximum atomic E-state index is 12.7. The van der Waals surface area contributed by atoms with Crippen LogP contribution in [0.3, 0.4) is 0 Å². The molecule has 0 aromatic heterocycles. The van der Waals surface area contributed by atoms with Gasteiger partial charge in [-0.2, -0.15) is 0 Å². The normalized spacial score (nSPS) is 13.7. The van der Waals surface area contributed by atoms with Crippen LogP contribution in [0.15, 0.2) is 48.5 Å². The van der Waals surface area contributed by atoms with Crippen molar-refractivity contribution in [1.82, 2.24) is 4.90 Å². The molecular formula is C22H25N3O4. The molecule has 1 aliphatic heterocycles. The van der Waals surface area contributed by atoms with Gasteiger partial charge in [-0.15, -0.1) is 0 Å². The quantitative estimate of drug-likeness (QED) is 0.788. The van der Waals surface area contributed by atoms with Crippen LogP contribution in [0.25, 0.3) is 0 Å². The van der Waals surface area contributed by atoms with Crippen LogP contribution < -0.4 is 10.2 Å². The maximum absolute atomic E-state index is 12.7. The minimum absolute atomic E-state index is 0.0555. The first-order valence-electron chi connectivity index (χ1n) is 9.67. The van der Waals surface area contributed by atoms with Gasteiger partial charge < -0.3 is 19.9 Å². The van der Waals surface area contributed by atoms with Crippen molar-refractivity contribution in [2.75, 3.05) is 43.0 Å². The Balaban J connectivity index is 1.87. The van der Waals surface area contributed by atoms with Crippen LogP contribution >= 0.6 is 0 Å². The van der Waals surface area contributed by atoms with Gasteiger partial charge in [-0.3, -0.25) is 9.59 Å². The molecule has 0 spiro atoms. The Labute approximate surface area is 170 Å². The number of piperazine rings is 1. The maximum Gasteiger partial charge on any atom is 0.338 e. The first-order chi connectivity index (χ1) is 14.0. The Morgan fingerprint density at radius 2 is 1.66 bits per heavy atom. The van der Waals surface area contributed by atoms with E-state index in [0.717, 1.165) is 5.69 Å². The van der Waals surface area contributed by atoms with Gasteiger partial charge >= 0.3 is 5.97 Å². The summed E-state index contributed by atoms with van der Waals surface area (Å²) in [6, 6.07) is 14.1. The third kappa shape index (κ3) is 4.93. The average Bonchev–Trinajstić information content (AvgIpc) is 2.74. The summed E-state index contributed by atoms with van der Waals surface area (Å²) in [6.07, 6.45) is 0. The number of nitrogens with zero attached hydrogens (tertiary/aromatic N) is 2. The van der Waals surface area contributed by atoms with E-state index in [4.69, 9.17) is 4.74 Å². The summed E-state index contributed by atoms with van der Waals surface area (Å²) < 4.78 is 5.09. The van der Waals surface area contributed by atoms with E-state index in [9.17, 15) is 14.4 Å². The molecule has 0 bridgehead atoms. The van der Waals surface area contributed by atoms with Gasteiger partial charge in [-0.1, -0.05) is 18.2 Å². The lowest BCUT2D eigenvalue weighted by Crippen LogP contribution is -2.48. The Morgan fingerprint density at radius 1 is 0.966 bits per heavy atom. The second-order valence-electron chi connectivity index (χ2n) is 6.77. The number of carbonyl (C=O) groups excluding carboxylic acids is 3. The molecule has 2 amide bonds. The number of hydrogen-bond donors (Lipinski definition) is 1. The molecule has 0 aliphatic carbocycles. The molecule has 1 N–H and O–H groups in total. The van der Waals surface area contributed by atoms with Crippen LogP contribution in [-0.4, -0.2) is 55.5 Å². The van der Waals surface area contributed by atoms with E-state index in [0.29, 0.717) is 43.0 Å². The van der Waals surface area contributed by atoms with E-state index in [1.807, 2.05) is 12.1 Å². The lowest BCUT2D eigenvalue weighted by atomic mass is 10.1. The minimum atomic E-state index is -0.435. The van der Waals surface area contributed by atoms with Gasteiger partial charge in [0.05, 0.1) is 23.5 Å². The first-order valence-corrected chi connectivity index (χ1v) is 9.67. The van der Waals surface area contributed by atoms with Crippen molar-refractivity contribution in [3.63, 3.8) is 0 Å². The number of rotatable bonds is 5. The third-order valence-electron chi connectivity index (χ3n) is 4.86. The second-order valence-corrected chi connectivity index (χ2v) is 6.77. The largest absolute Gasteiger partial charge is 0.462 e. The highest BCUT2D eigenvalue weighted by atomic mass is 16.5. The zero-order valence-corrected chi connectivity index (χ0v) is 16.7. The highest BCUT2D eigenvalue weighted by molar-refractivity contribution is 6.06. The molecule has 0 saturated carbocycles. The van der Waals surface area contributed by atoms with Gasteiger partial charge in [0.1, 0.15) is 0 Å². The van der Waals surface area contributed by atoms with Gasteiger partial charge in [0.25, 0.3) is 5.91 Å². The molecule has 1 heterocycles. The number of hydrogen-bond acceptors (Lipinski definition) is 5. The van der Waals surface area contributed by atoms with Crippen LogP contribution in [-0.2, 0) is 9.53 Å². The van der Waals surface area contributed by atoms with Crippen LogP contribution in [0.5, 0.6) is 0 Å². The van der Waals surface area contributed by atoms with Gasteiger partial charge in [-0.05, 0) is 37.3 Å². The summed E-state index contributed by atoms with van der Waals surface area (Å²) in [7, 11) is 0. The highest BCUT2D eigenvalue weighted by Crippen LogP contribution is 2.29. The van der Waals surface area contributed by atoms with Gasteiger partial charge in [0.2, 0.25) is 5.91 Å². The molecule has 2 aromatic rings. The van der Waals surface area contributed by atoms with Crippen molar-refractivity contribution in [1.29, 1.82) is 0 Å². The van der Waals surface area contributed by atoms with E-state index in [2.05, 4.69) is 10.2 Å². The third-order valence-corrected chi connectivity index (χ3v) is 4.86. The topological polar surface area (TPSA) is 79.0 Å². The molecule has 2 aromatic carbocycles. The van der Waals surface area contributed by atoms with Crippen LogP contribution in [0.2, 0.25) is 0 Å². The smallest absolute Gasteiger partial charge is 0.338 e. The molecule has 29 heavy (non-hydrogen) atoms. The van der Waals surface area contributed by atoms with Gasteiger partial charge in [0.15, 0.2) is 0 Å². The molecule has 0 radical (unpaired) electrons. The lowest BCUT2D eigenvalue weighted by molar-refractivity contribution is -0.129. The summed E-state index contributed by atoms with van der Waals surface area (Å²) >= 11 is 0. The van der Waals surface area contributed by atoms with Crippen molar-refractivity contribution in [3.05, 3.63) is 59.7 Å². The number of ether oxygens (including phenoxy) is 1. The van der Waals surface area contributed by atoms with Crippen molar-refractivity contribution < 1.29 is 19.1 Å². The molecule has 1 fully saturated rings. The highest BCUT2D eigenvalue weighted by Gasteiger charge is 2.22. The Kier molecular flexibility index (Phi) is 6.49. The molecule has 0 unspecified atom stereocenters. The Bertz CT molecular complexity index is 890. The van der Waals surface area contributed by atoms with Crippen LogP contribution in [0.1, 0.15) is 34.6 Å². The van der Waals surface area contributed by atoms with Crippen molar-refractivity contribution >= 4 is 29.2 Å². The summed E-state index contributed by atoms with van der Waals surface area (Å²) in [5.74, 6) is -0.634. The van der Waals surface area contributed by atoms with E-state index in [1.165, 1.54) is 0 Å². The summed E-state index contributed by atoms with van der Waals surface area (Å²) in [5.41, 5.74) is 2.26. The fourth-order valence-corrected chi connectivity index (χ4v) is 3.30. The summed E-state index contributed by atoms with van der Waals surface area (Å²) in [5, 5.41) is 2.93. The van der Waals surface area contributed by atoms with E-state index < -0.39 is 5.97 Å². The lowest BCUT2D eigenvalue weighted by Gasteiger charge is -2.36. The van der Waals surface area contributed by atoms with Crippen molar-refractivity contribution in [2.24, 2.45) is 0 Å². The fourth-order valence-electron chi connectivity index (χ4n) is 3.30. The fraction of sp³-hybridized carbons (Fsp3) is 0.318. The van der Waals surface area contributed by atoms with Crippen molar-refractivity contribution in [3.8, 4) is 0 Å². The van der Waals surface area contributed by atoms with E-state index in [-0.39, 0.29) is 18.4 Å². The number of amides is 2. The molecule has 0 atom stereocenters. The molecule has 7 heteroatoms. The molecule has 7 nitrogen and oxygen atoms in total. The van der Waals surface area contributed by atoms with E-state index >= 15 is 0 Å². The van der Waals surface area contributed by atoms with Crippen LogP contribution in [0, 0.1) is 0 Å². The molecule has 1 aliphatic rings. The van der Waals surface area contributed by atoms with Crippen LogP contribution in [0.4, 0.5) is 11.4 Å². The number of benzene rings is 2. The summed E-state index contributed by atoms with van der Waals surface area (Å²) in [4.78, 5) is 40.4. The monoisotopic (exact) mass is 395 g/mol. The molecule has 3 rings (SSSR count). The van der Waals surface area contributed by atoms with Crippen molar-refractivity contribution in [2.45, 2.75) is 13.8 Å².